The molecule has 0 bridgehead atoms. The molecule has 1 aliphatic carbocycles. The molecular weight excluding hydrogens is 316 g/mol. The summed E-state index contributed by atoms with van der Waals surface area (Å²) in [6.07, 6.45) is 3.48. The van der Waals surface area contributed by atoms with Gasteiger partial charge in [0.05, 0.1) is 17.9 Å². The van der Waals surface area contributed by atoms with Crippen LogP contribution in [0.3, 0.4) is 0 Å². The van der Waals surface area contributed by atoms with Gasteiger partial charge in [0.2, 0.25) is 11.8 Å². The fraction of sp³-hybridized carbons (Fsp3) is 0.600. The van der Waals surface area contributed by atoms with Gasteiger partial charge >= 0.3 is 0 Å². The van der Waals surface area contributed by atoms with Crippen molar-refractivity contribution in [3.05, 3.63) is 29.8 Å². The minimum Gasteiger partial charge on any atom is -0.493 e. The van der Waals surface area contributed by atoms with E-state index >= 15 is 0 Å². The lowest BCUT2D eigenvalue weighted by atomic mass is 9.63. The molecule has 2 amide bonds. The van der Waals surface area contributed by atoms with E-state index in [2.05, 4.69) is 13.8 Å². The maximum Gasteiger partial charge on any atom is 0.233 e. The van der Waals surface area contributed by atoms with Crippen LogP contribution in [0.4, 0.5) is 0 Å². The number of nitrogens with two attached hydrogens (primary N) is 1. The quantitative estimate of drug-likeness (QED) is 0.862. The molecule has 0 aromatic heterocycles. The van der Waals surface area contributed by atoms with E-state index in [1.54, 1.807) is 0 Å². The Balaban J connectivity index is 1.72. The summed E-state index contributed by atoms with van der Waals surface area (Å²) in [5.74, 6) is 0.970. The first-order chi connectivity index (χ1) is 11.9. The maximum atomic E-state index is 13.2. The Labute approximate surface area is 149 Å². The monoisotopic (exact) mass is 344 g/mol. The van der Waals surface area contributed by atoms with Crippen molar-refractivity contribution in [2.24, 2.45) is 17.6 Å². The summed E-state index contributed by atoms with van der Waals surface area (Å²) < 4.78 is 5.74. The molecule has 0 spiro atoms. The third-order valence-corrected chi connectivity index (χ3v) is 5.48. The summed E-state index contributed by atoms with van der Waals surface area (Å²) in [4.78, 5) is 26.4. The van der Waals surface area contributed by atoms with Crippen LogP contribution in [0, 0.1) is 11.8 Å². The van der Waals surface area contributed by atoms with Crippen LogP contribution in [0.25, 0.3) is 0 Å². The minimum absolute atomic E-state index is 0.151. The Hall–Kier alpha value is -2.04. The second-order valence-corrected chi connectivity index (χ2v) is 7.80. The van der Waals surface area contributed by atoms with Gasteiger partial charge in [-0.25, -0.2) is 0 Å². The molecule has 1 aromatic carbocycles. The van der Waals surface area contributed by atoms with Gasteiger partial charge in [0.15, 0.2) is 0 Å². The second kappa shape index (κ2) is 7.06. The zero-order valence-electron chi connectivity index (χ0n) is 15.2. The van der Waals surface area contributed by atoms with E-state index in [9.17, 15) is 9.59 Å². The van der Waals surface area contributed by atoms with Gasteiger partial charge < -0.3 is 15.4 Å². The van der Waals surface area contributed by atoms with Crippen molar-refractivity contribution in [2.45, 2.75) is 44.9 Å². The number of carbonyl (C=O) groups excluding carboxylic acids is 2. The van der Waals surface area contributed by atoms with Crippen LogP contribution in [-0.2, 0) is 15.0 Å². The molecule has 0 radical (unpaired) electrons. The van der Waals surface area contributed by atoms with E-state index in [0.29, 0.717) is 32.0 Å². The number of carbonyl (C=O) groups is 2. The Kier molecular flexibility index (Phi) is 5.02. The highest BCUT2D eigenvalue weighted by molar-refractivity contribution is 5.90. The number of likely N-dealkylation sites (tertiary alicyclic amines) is 1. The predicted octanol–water partition coefficient (Wildman–Crippen LogP) is 2.48. The summed E-state index contributed by atoms with van der Waals surface area (Å²) in [5.41, 5.74) is 6.03. The molecule has 1 aromatic rings. The largest absolute Gasteiger partial charge is 0.493 e. The average Bonchev–Trinajstić information content (AvgIpc) is 3.03. The molecule has 5 heteroatoms. The molecule has 2 fully saturated rings. The van der Waals surface area contributed by atoms with Gasteiger partial charge in [0.25, 0.3) is 0 Å². The summed E-state index contributed by atoms with van der Waals surface area (Å²) in [5, 5.41) is 0. The number of primary amides is 1. The molecule has 3 rings (SSSR count). The standard InChI is InChI=1S/C20H28N2O3/c1-14(2)13-25-17-6-4-16(5-7-17)20(9-3-10-20)19(24)22-11-8-15(12-22)18(21)23/h4-7,14-15H,3,8-13H2,1-2H3,(H2,21,23)/t15-/m1/s1. The lowest BCUT2D eigenvalue weighted by molar-refractivity contribution is -0.140. The first kappa shape index (κ1) is 17.8. The van der Waals surface area contributed by atoms with Gasteiger partial charge in [-0.2, -0.15) is 0 Å². The molecule has 136 valence electrons. The molecule has 2 aliphatic rings. The fourth-order valence-electron chi connectivity index (χ4n) is 3.77. The number of ether oxygens (including phenoxy) is 1. The van der Waals surface area contributed by atoms with Crippen LogP contribution in [0.5, 0.6) is 5.75 Å². The fourth-order valence-corrected chi connectivity index (χ4v) is 3.77. The van der Waals surface area contributed by atoms with Crippen molar-refractivity contribution in [3.8, 4) is 5.75 Å². The third kappa shape index (κ3) is 3.51. The second-order valence-electron chi connectivity index (χ2n) is 7.80. The molecule has 25 heavy (non-hydrogen) atoms. The topological polar surface area (TPSA) is 72.6 Å². The number of amides is 2. The summed E-state index contributed by atoms with van der Waals surface area (Å²) in [7, 11) is 0. The van der Waals surface area contributed by atoms with Crippen LogP contribution < -0.4 is 10.5 Å². The number of rotatable bonds is 6. The summed E-state index contributed by atoms with van der Waals surface area (Å²) in [6.45, 7) is 6.01. The first-order valence-corrected chi connectivity index (χ1v) is 9.24. The molecule has 0 unspecified atom stereocenters. The van der Waals surface area contributed by atoms with Crippen molar-refractivity contribution in [1.82, 2.24) is 4.90 Å². The number of hydrogen-bond acceptors (Lipinski definition) is 3. The average molecular weight is 344 g/mol. The van der Waals surface area contributed by atoms with Crippen LogP contribution >= 0.6 is 0 Å². The number of hydrogen-bond donors (Lipinski definition) is 1. The third-order valence-electron chi connectivity index (χ3n) is 5.48. The molecule has 1 saturated carbocycles. The van der Waals surface area contributed by atoms with Crippen molar-refractivity contribution in [3.63, 3.8) is 0 Å². The van der Waals surface area contributed by atoms with E-state index in [4.69, 9.17) is 10.5 Å². The first-order valence-electron chi connectivity index (χ1n) is 9.24. The zero-order valence-corrected chi connectivity index (χ0v) is 15.2. The van der Waals surface area contributed by atoms with Crippen molar-refractivity contribution in [2.75, 3.05) is 19.7 Å². The highest BCUT2D eigenvalue weighted by Crippen LogP contribution is 2.46. The molecule has 1 heterocycles. The van der Waals surface area contributed by atoms with Crippen LogP contribution in [0.15, 0.2) is 24.3 Å². The lowest BCUT2D eigenvalue weighted by Gasteiger charge is -2.43. The van der Waals surface area contributed by atoms with Crippen molar-refractivity contribution in [1.29, 1.82) is 0 Å². The van der Waals surface area contributed by atoms with E-state index in [1.807, 2.05) is 29.2 Å². The van der Waals surface area contributed by atoms with E-state index < -0.39 is 5.41 Å². The normalized spacial score (nSPS) is 21.9. The minimum atomic E-state index is -0.427. The Bertz CT molecular complexity index is 635. The van der Waals surface area contributed by atoms with Gasteiger partial charge in [-0.15, -0.1) is 0 Å². The van der Waals surface area contributed by atoms with E-state index in [-0.39, 0.29) is 17.7 Å². The summed E-state index contributed by atoms with van der Waals surface area (Å²) in [6, 6.07) is 7.96. The molecule has 5 nitrogen and oxygen atoms in total. The predicted molar refractivity (Wildman–Crippen MR) is 96.2 cm³/mol. The maximum absolute atomic E-state index is 13.2. The van der Waals surface area contributed by atoms with E-state index in [0.717, 1.165) is 30.6 Å². The van der Waals surface area contributed by atoms with Crippen molar-refractivity contribution < 1.29 is 14.3 Å². The molecule has 1 aliphatic heterocycles. The lowest BCUT2D eigenvalue weighted by Crippen LogP contribution is -2.50. The van der Waals surface area contributed by atoms with Crippen LogP contribution in [0.1, 0.15) is 45.1 Å². The Morgan fingerprint density at radius 3 is 2.44 bits per heavy atom. The zero-order chi connectivity index (χ0) is 18.0. The van der Waals surface area contributed by atoms with Crippen LogP contribution in [0.2, 0.25) is 0 Å². The SMILES string of the molecule is CC(C)COc1ccc(C2(C(=O)N3CC[C@@H](C(N)=O)C3)CCC2)cc1. The molecule has 1 atom stereocenters. The van der Waals surface area contributed by atoms with Crippen molar-refractivity contribution >= 4 is 11.8 Å². The summed E-state index contributed by atoms with van der Waals surface area (Å²) >= 11 is 0. The smallest absolute Gasteiger partial charge is 0.233 e. The molecular formula is C20H28N2O3. The van der Waals surface area contributed by atoms with Gasteiger partial charge in [0, 0.05) is 13.1 Å². The Morgan fingerprint density at radius 1 is 1.28 bits per heavy atom. The highest BCUT2D eigenvalue weighted by atomic mass is 16.5. The van der Waals surface area contributed by atoms with E-state index in [1.165, 1.54) is 0 Å². The Morgan fingerprint density at radius 2 is 1.96 bits per heavy atom. The molecule has 2 N–H and O–H groups in total. The van der Waals surface area contributed by atoms with Gasteiger partial charge in [-0.05, 0) is 42.9 Å². The van der Waals surface area contributed by atoms with Crippen LogP contribution in [-0.4, -0.2) is 36.4 Å². The highest BCUT2D eigenvalue weighted by Gasteiger charge is 2.49. The molecule has 1 saturated heterocycles. The van der Waals surface area contributed by atoms with Gasteiger partial charge in [-0.1, -0.05) is 32.4 Å². The number of benzene rings is 1. The van der Waals surface area contributed by atoms with Gasteiger partial charge in [-0.3, -0.25) is 9.59 Å². The van der Waals surface area contributed by atoms with Gasteiger partial charge in [0.1, 0.15) is 5.75 Å². The number of nitrogens with zero attached hydrogens (tertiary/aromatic N) is 1.